The lowest BCUT2D eigenvalue weighted by Crippen LogP contribution is -2.21. The number of nitrogens with one attached hydrogen (secondary N) is 1. The van der Waals surface area contributed by atoms with Gasteiger partial charge >= 0.3 is 5.97 Å². The molecule has 0 fully saturated rings. The highest BCUT2D eigenvalue weighted by molar-refractivity contribution is 5.75. The van der Waals surface area contributed by atoms with E-state index in [0.717, 1.165) is 24.3 Å². The first kappa shape index (κ1) is 15.5. The summed E-state index contributed by atoms with van der Waals surface area (Å²) in [4.78, 5) is 16.0. The maximum atomic E-state index is 11.3. The predicted molar refractivity (Wildman–Crippen MR) is 83.0 cm³/mol. The first-order valence-corrected chi connectivity index (χ1v) is 7.56. The van der Waals surface area contributed by atoms with E-state index < -0.39 is 0 Å². The number of carbonyl (C=O) groups is 1. The summed E-state index contributed by atoms with van der Waals surface area (Å²) in [5.41, 5.74) is 2.19. The molecule has 0 atom stereocenters. The van der Waals surface area contributed by atoms with Crippen molar-refractivity contribution in [1.29, 1.82) is 0 Å². The third-order valence-corrected chi connectivity index (χ3v) is 3.28. The number of hydrogen-bond acceptors (Lipinski definition) is 4. The molecule has 0 spiro atoms. The molecule has 0 unspecified atom stereocenters. The van der Waals surface area contributed by atoms with Crippen LogP contribution in [-0.4, -0.2) is 28.7 Å². The van der Waals surface area contributed by atoms with Gasteiger partial charge in [0, 0.05) is 13.1 Å². The normalized spacial score (nSPS) is 11.0. The van der Waals surface area contributed by atoms with Crippen LogP contribution in [0.4, 0.5) is 0 Å². The van der Waals surface area contributed by atoms with E-state index >= 15 is 0 Å². The number of rotatable bonds is 8. The average molecular weight is 289 g/mol. The van der Waals surface area contributed by atoms with Crippen LogP contribution < -0.4 is 5.32 Å². The van der Waals surface area contributed by atoms with Gasteiger partial charge in [0.15, 0.2) is 0 Å². The SMILES string of the molecule is CCCn1c(CNCCC(=O)OCC)nc2ccccc21. The fraction of sp³-hybridized carbons (Fsp3) is 0.500. The highest BCUT2D eigenvalue weighted by atomic mass is 16.5. The second-order valence-corrected chi connectivity index (χ2v) is 4.90. The first-order valence-electron chi connectivity index (χ1n) is 7.56. The number of ether oxygens (including phenoxy) is 1. The minimum Gasteiger partial charge on any atom is -0.466 e. The molecule has 0 saturated carbocycles. The maximum absolute atomic E-state index is 11.3. The average Bonchev–Trinajstić information content (AvgIpc) is 2.83. The van der Waals surface area contributed by atoms with Gasteiger partial charge in [0.05, 0.1) is 30.6 Å². The van der Waals surface area contributed by atoms with Gasteiger partial charge in [0.2, 0.25) is 0 Å². The lowest BCUT2D eigenvalue weighted by atomic mass is 10.3. The Morgan fingerprint density at radius 1 is 1.33 bits per heavy atom. The van der Waals surface area contributed by atoms with Crippen molar-refractivity contribution >= 4 is 17.0 Å². The lowest BCUT2D eigenvalue weighted by Gasteiger charge is -2.08. The van der Waals surface area contributed by atoms with Crippen LogP contribution in [0, 0.1) is 0 Å². The molecule has 0 aliphatic heterocycles. The van der Waals surface area contributed by atoms with E-state index in [9.17, 15) is 4.79 Å². The number of benzene rings is 1. The Hall–Kier alpha value is -1.88. The third kappa shape index (κ3) is 4.04. The second-order valence-electron chi connectivity index (χ2n) is 4.90. The van der Waals surface area contributed by atoms with Crippen LogP contribution >= 0.6 is 0 Å². The number of aromatic nitrogens is 2. The number of nitrogens with zero attached hydrogens (tertiary/aromatic N) is 2. The number of hydrogen-bond donors (Lipinski definition) is 1. The van der Waals surface area contributed by atoms with Crippen molar-refractivity contribution in [1.82, 2.24) is 14.9 Å². The Labute approximate surface area is 125 Å². The maximum Gasteiger partial charge on any atom is 0.307 e. The summed E-state index contributed by atoms with van der Waals surface area (Å²) in [6, 6.07) is 8.17. The van der Waals surface area contributed by atoms with Gasteiger partial charge in [-0.3, -0.25) is 4.79 Å². The minimum atomic E-state index is -0.160. The zero-order chi connectivity index (χ0) is 15.1. The molecule has 0 radical (unpaired) electrons. The molecule has 0 aliphatic rings. The van der Waals surface area contributed by atoms with Crippen LogP contribution in [0.1, 0.15) is 32.5 Å². The van der Waals surface area contributed by atoms with E-state index in [1.54, 1.807) is 0 Å². The van der Waals surface area contributed by atoms with Crippen LogP contribution in [0.2, 0.25) is 0 Å². The predicted octanol–water partition coefficient (Wildman–Crippen LogP) is 2.49. The smallest absolute Gasteiger partial charge is 0.307 e. The molecule has 0 amide bonds. The van der Waals surface area contributed by atoms with E-state index in [4.69, 9.17) is 4.74 Å². The van der Waals surface area contributed by atoms with Gasteiger partial charge in [-0.1, -0.05) is 19.1 Å². The van der Waals surface area contributed by atoms with E-state index in [1.165, 1.54) is 5.52 Å². The first-order chi connectivity index (χ1) is 10.3. The molecule has 1 heterocycles. The number of aryl methyl sites for hydroxylation is 1. The van der Waals surface area contributed by atoms with Crippen molar-refractivity contribution in [2.75, 3.05) is 13.2 Å². The van der Waals surface area contributed by atoms with E-state index in [-0.39, 0.29) is 5.97 Å². The van der Waals surface area contributed by atoms with Crippen LogP contribution in [0.5, 0.6) is 0 Å². The fourth-order valence-electron chi connectivity index (χ4n) is 2.36. The lowest BCUT2D eigenvalue weighted by molar-refractivity contribution is -0.142. The quantitative estimate of drug-likeness (QED) is 0.599. The molecule has 1 N–H and O–H groups in total. The number of imidazole rings is 1. The zero-order valence-corrected chi connectivity index (χ0v) is 12.8. The summed E-state index contributed by atoms with van der Waals surface area (Å²) in [5.74, 6) is 0.856. The van der Waals surface area contributed by atoms with Crippen LogP contribution in [0.15, 0.2) is 24.3 Å². The van der Waals surface area contributed by atoms with Crippen molar-refractivity contribution in [3.63, 3.8) is 0 Å². The molecule has 1 aromatic heterocycles. The van der Waals surface area contributed by atoms with Crippen LogP contribution in [0.3, 0.4) is 0 Å². The van der Waals surface area contributed by atoms with E-state index in [1.807, 2.05) is 25.1 Å². The molecular weight excluding hydrogens is 266 g/mol. The summed E-state index contributed by atoms with van der Waals surface area (Å²) in [6.07, 6.45) is 1.46. The molecule has 0 bridgehead atoms. The molecule has 5 heteroatoms. The van der Waals surface area contributed by atoms with Crippen molar-refractivity contribution in [2.24, 2.45) is 0 Å². The molecule has 0 saturated heterocycles. The molecule has 1 aromatic carbocycles. The van der Waals surface area contributed by atoms with Gasteiger partial charge in [-0.05, 0) is 25.5 Å². The minimum absolute atomic E-state index is 0.160. The fourth-order valence-corrected chi connectivity index (χ4v) is 2.36. The van der Waals surface area contributed by atoms with E-state index in [0.29, 0.717) is 26.1 Å². The van der Waals surface area contributed by atoms with Crippen molar-refractivity contribution in [3.8, 4) is 0 Å². The Bertz CT molecular complexity index is 592. The molecule has 5 nitrogen and oxygen atoms in total. The summed E-state index contributed by atoms with van der Waals surface area (Å²) in [5, 5.41) is 3.27. The van der Waals surface area contributed by atoms with Gasteiger partial charge in [-0.2, -0.15) is 0 Å². The van der Waals surface area contributed by atoms with Crippen molar-refractivity contribution in [2.45, 2.75) is 39.8 Å². The second kappa shape index (κ2) is 7.78. The zero-order valence-electron chi connectivity index (χ0n) is 12.8. The van der Waals surface area contributed by atoms with Gasteiger partial charge in [0.25, 0.3) is 0 Å². The van der Waals surface area contributed by atoms with Gasteiger partial charge in [-0.15, -0.1) is 0 Å². The van der Waals surface area contributed by atoms with Gasteiger partial charge in [-0.25, -0.2) is 4.98 Å². The highest BCUT2D eigenvalue weighted by Gasteiger charge is 2.09. The van der Waals surface area contributed by atoms with Crippen LogP contribution in [0.25, 0.3) is 11.0 Å². The Morgan fingerprint density at radius 3 is 2.90 bits per heavy atom. The number of carbonyl (C=O) groups excluding carboxylic acids is 1. The standard InChI is InChI=1S/C16H23N3O2/c1-3-11-19-14-8-6-5-7-13(14)18-15(19)12-17-10-9-16(20)21-4-2/h5-8,17H,3-4,9-12H2,1-2H3. The molecule has 2 rings (SSSR count). The third-order valence-electron chi connectivity index (χ3n) is 3.28. The van der Waals surface area contributed by atoms with Gasteiger partial charge < -0.3 is 14.6 Å². The summed E-state index contributed by atoms with van der Waals surface area (Å²) in [6.45, 7) is 6.63. The Balaban J connectivity index is 1.97. The van der Waals surface area contributed by atoms with Crippen LogP contribution in [-0.2, 0) is 22.6 Å². The molecular formula is C16H23N3O2. The molecule has 21 heavy (non-hydrogen) atoms. The number of para-hydroxylation sites is 2. The molecule has 0 aliphatic carbocycles. The monoisotopic (exact) mass is 289 g/mol. The van der Waals surface area contributed by atoms with E-state index in [2.05, 4.69) is 27.9 Å². The Morgan fingerprint density at radius 2 is 2.14 bits per heavy atom. The summed E-state index contributed by atoms with van der Waals surface area (Å²) < 4.78 is 7.15. The highest BCUT2D eigenvalue weighted by Crippen LogP contribution is 2.16. The van der Waals surface area contributed by atoms with Gasteiger partial charge in [0.1, 0.15) is 5.82 Å². The number of esters is 1. The largest absolute Gasteiger partial charge is 0.466 e. The Kier molecular flexibility index (Phi) is 5.75. The summed E-state index contributed by atoms with van der Waals surface area (Å²) >= 11 is 0. The molecule has 114 valence electrons. The molecule has 2 aromatic rings. The number of fused-ring (bicyclic) bond motifs is 1. The summed E-state index contributed by atoms with van der Waals surface area (Å²) in [7, 11) is 0. The van der Waals surface area contributed by atoms with Crippen molar-refractivity contribution in [3.05, 3.63) is 30.1 Å². The van der Waals surface area contributed by atoms with Crippen molar-refractivity contribution < 1.29 is 9.53 Å². The topological polar surface area (TPSA) is 56.2 Å².